The molecule has 0 radical (unpaired) electrons. The van der Waals surface area contributed by atoms with E-state index in [1.54, 1.807) is 35.2 Å². The van der Waals surface area contributed by atoms with Gasteiger partial charge < -0.3 is 35.2 Å². The van der Waals surface area contributed by atoms with E-state index in [0.29, 0.717) is 75.2 Å². The lowest BCUT2D eigenvalue weighted by molar-refractivity contribution is -0.137. The van der Waals surface area contributed by atoms with E-state index in [1.165, 1.54) is 35.6 Å². The third-order valence-corrected chi connectivity index (χ3v) is 8.56. The zero-order valence-corrected chi connectivity index (χ0v) is 24.9. The lowest BCUT2D eigenvalue weighted by atomic mass is 10.1. The van der Waals surface area contributed by atoms with Gasteiger partial charge in [-0.15, -0.1) is 11.3 Å². The van der Waals surface area contributed by atoms with Crippen molar-refractivity contribution in [1.29, 1.82) is 0 Å². The maximum absolute atomic E-state index is 13.5. The zero-order valence-electron chi connectivity index (χ0n) is 24.0. The van der Waals surface area contributed by atoms with Crippen molar-refractivity contribution in [3.63, 3.8) is 0 Å². The number of ether oxygens (including phenoxy) is 1. The van der Waals surface area contributed by atoms with Gasteiger partial charge in [-0.05, 0) is 60.3 Å². The van der Waals surface area contributed by atoms with Gasteiger partial charge in [0, 0.05) is 55.3 Å². The third-order valence-electron chi connectivity index (χ3n) is 7.57. The Bertz CT molecular complexity index is 1480. The summed E-state index contributed by atoms with van der Waals surface area (Å²) in [5, 5.41) is 16.9. The van der Waals surface area contributed by atoms with Gasteiger partial charge in [-0.2, -0.15) is 0 Å². The Kier molecular flexibility index (Phi) is 10.1. The molecule has 13 heteroatoms. The predicted octanol–water partition coefficient (Wildman–Crippen LogP) is 4.05. The van der Waals surface area contributed by atoms with Crippen LogP contribution in [0.25, 0.3) is 0 Å². The molecule has 3 aromatic rings. The summed E-state index contributed by atoms with van der Waals surface area (Å²) in [7, 11) is 0. The number of hydrogen-bond donors (Lipinski definition) is 3. The quantitative estimate of drug-likeness (QED) is 0.345. The summed E-state index contributed by atoms with van der Waals surface area (Å²) in [6.45, 7) is 4.32. The number of carboxylic acids is 1. The molecule has 3 heterocycles. The normalized spacial score (nSPS) is 16.2. The third kappa shape index (κ3) is 7.71. The first kappa shape index (κ1) is 31.0. The molecule has 0 aliphatic carbocycles. The van der Waals surface area contributed by atoms with E-state index in [-0.39, 0.29) is 23.6 Å². The molecule has 1 unspecified atom stereocenters. The van der Waals surface area contributed by atoms with Crippen LogP contribution in [0, 0.1) is 5.82 Å². The van der Waals surface area contributed by atoms with Crippen molar-refractivity contribution in [3.8, 4) is 0 Å². The Morgan fingerprint density at radius 2 is 1.61 bits per heavy atom. The molecule has 0 bridgehead atoms. The van der Waals surface area contributed by atoms with Gasteiger partial charge in [-0.25, -0.2) is 9.18 Å². The number of nitrogens with zero attached hydrogens (tertiary/aromatic N) is 3. The van der Waals surface area contributed by atoms with E-state index in [0.717, 1.165) is 0 Å². The van der Waals surface area contributed by atoms with Crippen LogP contribution in [0.1, 0.15) is 44.5 Å². The number of carbonyl (C=O) groups excluding carboxylic acids is 3. The van der Waals surface area contributed by atoms with Gasteiger partial charge in [0.15, 0.2) is 0 Å². The number of urea groups is 1. The molecule has 5 rings (SSSR count). The molecule has 1 atom stereocenters. The fourth-order valence-electron chi connectivity index (χ4n) is 5.28. The lowest BCUT2D eigenvalue weighted by Gasteiger charge is -2.32. The van der Waals surface area contributed by atoms with E-state index >= 15 is 0 Å². The second-order valence-corrected chi connectivity index (χ2v) is 11.5. The molecule has 3 N–H and O–H groups in total. The van der Waals surface area contributed by atoms with Crippen LogP contribution in [0.4, 0.5) is 20.6 Å². The Hall–Kier alpha value is -4.49. The molecule has 0 spiro atoms. The summed E-state index contributed by atoms with van der Waals surface area (Å²) in [5.74, 6) is -2.49. The van der Waals surface area contributed by atoms with E-state index in [2.05, 4.69) is 15.5 Å². The molecule has 1 aromatic heterocycles. The number of aliphatic carboxylic acids is 1. The standard InChI is InChI=1S/C31H34FN5O6S/c32-23-7-4-21(5-8-23)29(40)33-24-19-22(30(41)34-25(20-28(38)39)27-3-1-18-44-27)6-9-26(24)35-10-2-11-36(13-12-35)31(42)37-14-16-43-17-15-37/h1,3-9,18-19,25H,2,10-17,20H2,(H,33,40)(H,34,41)(H,38,39). The summed E-state index contributed by atoms with van der Waals surface area (Å²) in [6, 6.07) is 12.9. The van der Waals surface area contributed by atoms with E-state index in [1.807, 2.05) is 10.3 Å². The summed E-state index contributed by atoms with van der Waals surface area (Å²) in [5.41, 5.74) is 1.50. The number of hydrogen-bond acceptors (Lipinski definition) is 7. The molecule has 2 fully saturated rings. The van der Waals surface area contributed by atoms with Crippen molar-refractivity contribution in [3.05, 3.63) is 81.8 Å². The Morgan fingerprint density at radius 3 is 2.32 bits per heavy atom. The minimum absolute atomic E-state index is 0.0198. The van der Waals surface area contributed by atoms with Crippen molar-refractivity contribution in [2.24, 2.45) is 0 Å². The fourth-order valence-corrected chi connectivity index (χ4v) is 6.06. The number of thiophene rings is 1. The van der Waals surface area contributed by atoms with Crippen LogP contribution >= 0.6 is 11.3 Å². The van der Waals surface area contributed by atoms with Crippen LogP contribution in [0.5, 0.6) is 0 Å². The van der Waals surface area contributed by atoms with Crippen molar-refractivity contribution >= 4 is 46.5 Å². The zero-order chi connectivity index (χ0) is 31.1. The molecule has 2 aliphatic heterocycles. The number of carboxylic acid groups (broad SMARTS) is 1. The number of anilines is 2. The van der Waals surface area contributed by atoms with Gasteiger partial charge in [-0.3, -0.25) is 14.4 Å². The number of benzene rings is 2. The highest BCUT2D eigenvalue weighted by atomic mass is 32.1. The average molecular weight is 624 g/mol. The van der Waals surface area contributed by atoms with Gasteiger partial charge in [0.05, 0.1) is 37.1 Å². The molecular formula is C31H34FN5O6S. The molecule has 0 saturated carbocycles. The first-order chi connectivity index (χ1) is 21.3. The lowest BCUT2D eigenvalue weighted by Crippen LogP contribution is -2.49. The highest BCUT2D eigenvalue weighted by Crippen LogP contribution is 2.30. The molecule has 232 valence electrons. The van der Waals surface area contributed by atoms with Crippen LogP contribution in [0.3, 0.4) is 0 Å². The van der Waals surface area contributed by atoms with Crippen molar-refractivity contribution in [1.82, 2.24) is 15.1 Å². The minimum atomic E-state index is -1.05. The number of carbonyl (C=O) groups is 4. The van der Waals surface area contributed by atoms with E-state index < -0.39 is 29.6 Å². The first-order valence-electron chi connectivity index (χ1n) is 14.4. The van der Waals surface area contributed by atoms with Crippen LogP contribution in [-0.4, -0.2) is 91.2 Å². The molecule has 2 aliphatic rings. The smallest absolute Gasteiger partial charge is 0.320 e. The van der Waals surface area contributed by atoms with Gasteiger partial charge in [-0.1, -0.05) is 6.07 Å². The fraction of sp³-hybridized carbons (Fsp3) is 0.355. The molecule has 2 aromatic carbocycles. The highest BCUT2D eigenvalue weighted by Gasteiger charge is 2.27. The topological polar surface area (TPSA) is 132 Å². The SMILES string of the molecule is O=C(O)CC(NC(=O)c1ccc(N2CCCN(C(=O)N3CCOCC3)CC2)c(NC(=O)c2ccc(F)cc2)c1)c1cccs1. The maximum Gasteiger partial charge on any atom is 0.320 e. The summed E-state index contributed by atoms with van der Waals surface area (Å²) in [4.78, 5) is 57.6. The highest BCUT2D eigenvalue weighted by molar-refractivity contribution is 7.10. The number of halogens is 1. The second-order valence-electron chi connectivity index (χ2n) is 10.5. The Labute approximate surface area is 258 Å². The van der Waals surface area contributed by atoms with Gasteiger partial charge in [0.25, 0.3) is 11.8 Å². The Balaban J connectivity index is 1.38. The largest absolute Gasteiger partial charge is 0.481 e. The van der Waals surface area contributed by atoms with Crippen LogP contribution in [-0.2, 0) is 9.53 Å². The summed E-state index contributed by atoms with van der Waals surface area (Å²) >= 11 is 1.35. The van der Waals surface area contributed by atoms with Crippen LogP contribution < -0.4 is 15.5 Å². The molecule has 4 amide bonds. The van der Waals surface area contributed by atoms with Gasteiger partial charge >= 0.3 is 12.0 Å². The van der Waals surface area contributed by atoms with Crippen LogP contribution in [0.2, 0.25) is 0 Å². The van der Waals surface area contributed by atoms with Crippen LogP contribution in [0.15, 0.2) is 60.0 Å². The molecule has 11 nitrogen and oxygen atoms in total. The predicted molar refractivity (Wildman–Crippen MR) is 164 cm³/mol. The van der Waals surface area contributed by atoms with Gasteiger partial charge in [0.2, 0.25) is 0 Å². The average Bonchev–Trinajstić information content (AvgIpc) is 3.46. The molecular weight excluding hydrogens is 589 g/mol. The number of rotatable bonds is 8. The second kappa shape index (κ2) is 14.3. The monoisotopic (exact) mass is 623 g/mol. The van der Waals surface area contributed by atoms with Crippen molar-refractivity contribution in [2.75, 3.05) is 62.7 Å². The summed E-state index contributed by atoms with van der Waals surface area (Å²) < 4.78 is 18.9. The molecule has 44 heavy (non-hydrogen) atoms. The maximum atomic E-state index is 13.5. The number of nitrogens with one attached hydrogen (secondary N) is 2. The van der Waals surface area contributed by atoms with Crippen molar-refractivity contribution < 1.29 is 33.4 Å². The minimum Gasteiger partial charge on any atom is -0.481 e. The van der Waals surface area contributed by atoms with E-state index in [9.17, 15) is 28.7 Å². The van der Waals surface area contributed by atoms with E-state index in [4.69, 9.17) is 4.74 Å². The molecule has 2 saturated heterocycles. The summed E-state index contributed by atoms with van der Waals surface area (Å²) in [6.07, 6.45) is 0.410. The first-order valence-corrected chi connectivity index (χ1v) is 15.3. The van der Waals surface area contributed by atoms with Gasteiger partial charge in [0.1, 0.15) is 5.82 Å². The van der Waals surface area contributed by atoms with Crippen molar-refractivity contribution in [2.45, 2.75) is 18.9 Å². The number of morpholine rings is 1. The number of amides is 4. The Morgan fingerprint density at radius 1 is 0.886 bits per heavy atom.